The van der Waals surface area contributed by atoms with Crippen LogP contribution in [0.2, 0.25) is 0 Å². The molecule has 0 unspecified atom stereocenters. The van der Waals surface area contributed by atoms with Crippen molar-refractivity contribution in [1.29, 1.82) is 0 Å². The Balaban J connectivity index is 0. The number of nitrogens with two attached hydrogens (primary N) is 1. The average molecular weight is 289 g/mol. The highest BCUT2D eigenvalue weighted by atomic mass is 127. The number of rotatable bonds is 4. The number of nitrogens with zero attached hydrogens (tertiary/aromatic N) is 1. The number of aliphatic hydroxyl groups is 1. The third-order valence-electron chi connectivity index (χ3n) is 1.12. The maximum Gasteiger partial charge on any atom is 0.188 e. The van der Waals surface area contributed by atoms with Crippen molar-refractivity contribution in [2.24, 2.45) is 10.7 Å². The third kappa shape index (κ3) is 8.02. The normalized spacial score (nSPS) is 13.4. The lowest BCUT2D eigenvalue weighted by atomic mass is 10.4. The van der Waals surface area contributed by atoms with Gasteiger partial charge in [0.2, 0.25) is 0 Å². The van der Waals surface area contributed by atoms with Gasteiger partial charge in [0.1, 0.15) is 0 Å². The van der Waals surface area contributed by atoms with Crippen molar-refractivity contribution in [1.82, 2.24) is 5.32 Å². The lowest BCUT2D eigenvalue weighted by Gasteiger charge is -2.10. The minimum absolute atomic E-state index is 0. The predicted octanol–water partition coefficient (Wildman–Crippen LogP) is -0.854. The van der Waals surface area contributed by atoms with Crippen LogP contribution in [0.1, 0.15) is 0 Å². The van der Waals surface area contributed by atoms with Crippen molar-refractivity contribution < 1.29 is 9.84 Å². The van der Waals surface area contributed by atoms with Crippen LogP contribution in [0.3, 0.4) is 0 Å². The number of aliphatic hydroxyl groups excluding tert-OH is 1. The summed E-state index contributed by atoms with van der Waals surface area (Å²) < 4.78 is 4.70. The van der Waals surface area contributed by atoms with E-state index in [2.05, 4.69) is 10.3 Å². The van der Waals surface area contributed by atoms with Gasteiger partial charge in [0.25, 0.3) is 0 Å². The Bertz CT molecular complexity index is 132. The number of methoxy groups -OCH3 is 1. The first-order valence-electron chi connectivity index (χ1n) is 3.33. The molecule has 0 bridgehead atoms. The number of hydrogen-bond donors (Lipinski definition) is 3. The molecule has 0 rings (SSSR count). The van der Waals surface area contributed by atoms with Crippen LogP contribution in [0.4, 0.5) is 0 Å². The van der Waals surface area contributed by atoms with Gasteiger partial charge in [-0.25, -0.2) is 0 Å². The van der Waals surface area contributed by atoms with Gasteiger partial charge < -0.3 is 20.9 Å². The molecule has 0 heterocycles. The molecule has 4 N–H and O–H groups in total. The number of guanidine groups is 1. The first kappa shape index (κ1) is 14.4. The molecule has 0 aliphatic heterocycles. The van der Waals surface area contributed by atoms with E-state index in [1.165, 1.54) is 7.11 Å². The highest BCUT2D eigenvalue weighted by molar-refractivity contribution is 14.0. The summed E-state index contributed by atoms with van der Waals surface area (Å²) in [4.78, 5) is 3.65. The first-order chi connectivity index (χ1) is 5.20. The summed E-state index contributed by atoms with van der Waals surface area (Å²) in [5.74, 6) is 0.320. The molecular formula is C6H16IN3O2. The second-order valence-electron chi connectivity index (χ2n) is 2.10. The number of ether oxygens (including phenoxy) is 1. The maximum absolute atomic E-state index is 9.10. The Morgan fingerprint density at radius 3 is 2.75 bits per heavy atom. The van der Waals surface area contributed by atoms with Gasteiger partial charge in [-0.05, 0) is 0 Å². The van der Waals surface area contributed by atoms with E-state index in [0.717, 1.165) is 0 Å². The Morgan fingerprint density at radius 1 is 1.75 bits per heavy atom. The van der Waals surface area contributed by atoms with Crippen molar-refractivity contribution >= 4 is 29.9 Å². The minimum Gasteiger partial charge on any atom is -0.389 e. The summed E-state index contributed by atoms with van der Waals surface area (Å²) in [7, 11) is 3.10. The van der Waals surface area contributed by atoms with E-state index in [4.69, 9.17) is 15.6 Å². The van der Waals surface area contributed by atoms with Crippen molar-refractivity contribution in [3.8, 4) is 0 Å². The fraction of sp³-hybridized carbons (Fsp3) is 0.833. The van der Waals surface area contributed by atoms with Crippen LogP contribution in [0.15, 0.2) is 4.99 Å². The van der Waals surface area contributed by atoms with E-state index in [1.807, 2.05) is 0 Å². The largest absolute Gasteiger partial charge is 0.389 e. The minimum atomic E-state index is -0.541. The summed E-state index contributed by atoms with van der Waals surface area (Å²) in [6, 6.07) is 0. The molecular weight excluding hydrogens is 273 g/mol. The van der Waals surface area contributed by atoms with Gasteiger partial charge in [0.15, 0.2) is 5.96 Å². The standard InChI is InChI=1S/C6H15N3O2.HI/c1-8-6(7)9-3-5(10)4-11-2;/h5,10H,3-4H2,1-2H3,(H3,7,8,9);1H/t5-;/m1./s1. The fourth-order valence-electron chi connectivity index (χ4n) is 0.553. The zero-order valence-electron chi connectivity index (χ0n) is 7.28. The van der Waals surface area contributed by atoms with E-state index in [1.54, 1.807) is 7.05 Å². The van der Waals surface area contributed by atoms with Gasteiger partial charge in [0.05, 0.1) is 12.7 Å². The molecule has 0 fully saturated rings. The predicted molar refractivity (Wildman–Crippen MR) is 58.8 cm³/mol. The molecule has 0 aliphatic carbocycles. The highest BCUT2D eigenvalue weighted by Crippen LogP contribution is 1.79. The topological polar surface area (TPSA) is 79.9 Å². The number of hydrogen-bond acceptors (Lipinski definition) is 3. The number of halogens is 1. The van der Waals surface area contributed by atoms with Gasteiger partial charge in [0, 0.05) is 20.7 Å². The van der Waals surface area contributed by atoms with Gasteiger partial charge in [-0.15, -0.1) is 24.0 Å². The Hall–Kier alpha value is -0.0800. The van der Waals surface area contributed by atoms with Crippen LogP contribution in [0.5, 0.6) is 0 Å². The van der Waals surface area contributed by atoms with Crippen LogP contribution >= 0.6 is 24.0 Å². The third-order valence-corrected chi connectivity index (χ3v) is 1.12. The molecule has 0 amide bonds. The zero-order valence-corrected chi connectivity index (χ0v) is 9.61. The average Bonchev–Trinajstić information content (AvgIpc) is 2.01. The summed E-state index contributed by atoms with van der Waals surface area (Å²) in [6.07, 6.45) is -0.541. The van der Waals surface area contributed by atoms with Crippen LogP contribution < -0.4 is 11.1 Å². The number of nitrogens with one attached hydrogen (secondary N) is 1. The molecule has 0 aromatic carbocycles. The molecule has 0 saturated heterocycles. The summed E-state index contributed by atoms with van der Waals surface area (Å²) >= 11 is 0. The van der Waals surface area contributed by atoms with E-state index in [9.17, 15) is 0 Å². The van der Waals surface area contributed by atoms with Crippen LogP contribution in [0.25, 0.3) is 0 Å². The fourth-order valence-corrected chi connectivity index (χ4v) is 0.553. The van der Waals surface area contributed by atoms with E-state index in [0.29, 0.717) is 19.1 Å². The Labute approximate surface area is 89.4 Å². The number of aliphatic imine (C=N–C) groups is 1. The molecule has 6 heteroatoms. The molecule has 1 atom stereocenters. The van der Waals surface area contributed by atoms with Gasteiger partial charge in [-0.1, -0.05) is 0 Å². The highest BCUT2D eigenvalue weighted by Gasteiger charge is 2.01. The molecule has 5 nitrogen and oxygen atoms in total. The Morgan fingerprint density at radius 2 is 2.33 bits per heavy atom. The summed E-state index contributed by atoms with van der Waals surface area (Å²) in [6.45, 7) is 0.654. The van der Waals surface area contributed by atoms with Gasteiger partial charge in [-0.2, -0.15) is 0 Å². The Kier molecular flexibility index (Phi) is 10.8. The molecule has 0 saturated carbocycles. The molecule has 0 aromatic heterocycles. The molecule has 0 aliphatic rings. The van der Waals surface area contributed by atoms with Crippen LogP contribution in [-0.2, 0) is 4.74 Å². The van der Waals surface area contributed by atoms with Crippen molar-refractivity contribution in [3.05, 3.63) is 0 Å². The van der Waals surface area contributed by atoms with Crippen LogP contribution in [0, 0.1) is 0 Å². The van der Waals surface area contributed by atoms with E-state index < -0.39 is 6.10 Å². The van der Waals surface area contributed by atoms with E-state index >= 15 is 0 Å². The maximum atomic E-state index is 9.10. The smallest absolute Gasteiger partial charge is 0.188 e. The van der Waals surface area contributed by atoms with Gasteiger partial charge in [-0.3, -0.25) is 4.99 Å². The molecule has 0 aromatic rings. The van der Waals surface area contributed by atoms with Gasteiger partial charge >= 0.3 is 0 Å². The second-order valence-corrected chi connectivity index (χ2v) is 2.10. The summed E-state index contributed by atoms with van der Waals surface area (Å²) in [5.41, 5.74) is 5.30. The van der Waals surface area contributed by atoms with E-state index in [-0.39, 0.29) is 24.0 Å². The van der Waals surface area contributed by atoms with Crippen molar-refractivity contribution in [3.63, 3.8) is 0 Å². The zero-order chi connectivity index (χ0) is 8.69. The monoisotopic (exact) mass is 289 g/mol. The molecule has 74 valence electrons. The molecule has 12 heavy (non-hydrogen) atoms. The SMILES string of the molecule is CN=C(N)NC[C@@H](O)COC.I. The molecule has 0 spiro atoms. The lowest BCUT2D eigenvalue weighted by molar-refractivity contribution is 0.0674. The quantitative estimate of drug-likeness (QED) is 0.358. The van der Waals surface area contributed by atoms with Crippen molar-refractivity contribution in [2.45, 2.75) is 6.10 Å². The lowest BCUT2D eigenvalue weighted by Crippen LogP contribution is -2.38. The van der Waals surface area contributed by atoms with Crippen molar-refractivity contribution in [2.75, 3.05) is 27.3 Å². The summed E-state index contributed by atoms with van der Waals surface area (Å²) in [5, 5.41) is 11.8. The first-order valence-corrected chi connectivity index (χ1v) is 3.33. The second kappa shape index (κ2) is 9.01. The van der Waals surface area contributed by atoms with Crippen LogP contribution in [-0.4, -0.2) is 44.5 Å². The molecule has 0 radical (unpaired) electrons.